The van der Waals surface area contributed by atoms with Gasteiger partial charge in [0.2, 0.25) is 0 Å². The molecule has 1 heterocycles. The average Bonchev–Trinajstić information content (AvgIpc) is 2.73. The molecule has 1 unspecified atom stereocenters. The predicted octanol–water partition coefficient (Wildman–Crippen LogP) is 4.00. The van der Waals surface area contributed by atoms with E-state index in [2.05, 4.69) is 36.2 Å². The summed E-state index contributed by atoms with van der Waals surface area (Å²) in [4.78, 5) is 2.46. The van der Waals surface area contributed by atoms with E-state index in [9.17, 15) is 0 Å². The van der Waals surface area contributed by atoms with Crippen molar-refractivity contribution in [2.75, 3.05) is 20.1 Å². The molecule has 116 valence electrons. The Labute approximate surface area is 129 Å². The van der Waals surface area contributed by atoms with E-state index in [0.717, 1.165) is 18.8 Å². The molecule has 3 rings (SSSR count). The molecule has 1 aromatic carbocycles. The maximum Gasteiger partial charge on any atom is 0.0409 e. The minimum Gasteiger partial charge on any atom is -0.321 e. The lowest BCUT2D eigenvalue weighted by Gasteiger charge is -2.34. The fraction of sp³-hybridized carbons (Fsp3) is 0.684. The summed E-state index contributed by atoms with van der Waals surface area (Å²) in [6, 6.07) is 9.34. The van der Waals surface area contributed by atoms with Crippen LogP contribution in [-0.4, -0.2) is 25.0 Å². The van der Waals surface area contributed by atoms with Gasteiger partial charge in [-0.1, -0.05) is 43.5 Å². The molecule has 2 heteroatoms. The van der Waals surface area contributed by atoms with Crippen LogP contribution >= 0.6 is 0 Å². The Morgan fingerprint density at radius 3 is 2.38 bits per heavy atom. The fourth-order valence-electron chi connectivity index (χ4n) is 4.13. The third-order valence-corrected chi connectivity index (χ3v) is 5.65. The van der Waals surface area contributed by atoms with Crippen LogP contribution in [0.25, 0.3) is 0 Å². The second kappa shape index (κ2) is 6.50. The molecule has 21 heavy (non-hydrogen) atoms. The Balaban J connectivity index is 1.71. The molecular formula is C19H30N2. The molecule has 1 saturated heterocycles. The van der Waals surface area contributed by atoms with Crippen LogP contribution in [-0.2, 0) is 5.54 Å². The van der Waals surface area contributed by atoms with Crippen LogP contribution in [0.5, 0.6) is 0 Å². The smallest absolute Gasteiger partial charge is 0.0409 e. The number of nitrogens with zero attached hydrogens (tertiary/aromatic N) is 1. The fourth-order valence-corrected chi connectivity index (χ4v) is 4.13. The Hall–Kier alpha value is -0.860. The maximum atomic E-state index is 6.65. The Morgan fingerprint density at radius 1 is 0.952 bits per heavy atom. The Kier molecular flexibility index (Phi) is 4.66. The summed E-state index contributed by atoms with van der Waals surface area (Å²) in [6.45, 7) is 2.48. The van der Waals surface area contributed by atoms with Crippen molar-refractivity contribution in [3.63, 3.8) is 0 Å². The van der Waals surface area contributed by atoms with Gasteiger partial charge in [0.05, 0.1) is 0 Å². The number of hydrogen-bond acceptors (Lipinski definition) is 2. The zero-order chi connectivity index (χ0) is 14.7. The molecule has 2 aliphatic rings. The van der Waals surface area contributed by atoms with Gasteiger partial charge in [0.1, 0.15) is 0 Å². The molecule has 0 bridgehead atoms. The van der Waals surface area contributed by atoms with Crippen molar-refractivity contribution in [3.05, 3.63) is 35.4 Å². The van der Waals surface area contributed by atoms with E-state index < -0.39 is 0 Å². The monoisotopic (exact) mass is 286 g/mol. The van der Waals surface area contributed by atoms with Gasteiger partial charge in [-0.3, -0.25) is 0 Å². The topological polar surface area (TPSA) is 29.3 Å². The molecule has 2 nitrogen and oxygen atoms in total. The molecule has 0 amide bonds. The van der Waals surface area contributed by atoms with Crippen LogP contribution in [0, 0.1) is 0 Å². The number of benzene rings is 1. The first-order valence-corrected chi connectivity index (χ1v) is 8.75. The van der Waals surface area contributed by atoms with E-state index >= 15 is 0 Å². The van der Waals surface area contributed by atoms with Crippen molar-refractivity contribution in [2.24, 2.45) is 5.73 Å². The van der Waals surface area contributed by atoms with Crippen molar-refractivity contribution in [1.29, 1.82) is 0 Å². The summed E-state index contributed by atoms with van der Waals surface area (Å²) in [7, 11) is 2.24. The van der Waals surface area contributed by atoms with Gasteiger partial charge in [-0.2, -0.15) is 0 Å². The highest BCUT2D eigenvalue weighted by Gasteiger charge is 2.29. The van der Waals surface area contributed by atoms with E-state index in [-0.39, 0.29) is 5.54 Å². The first kappa shape index (κ1) is 15.1. The van der Waals surface area contributed by atoms with Gasteiger partial charge >= 0.3 is 0 Å². The average molecular weight is 286 g/mol. The molecule has 1 aliphatic carbocycles. The number of likely N-dealkylation sites (tertiary alicyclic amines) is 1. The van der Waals surface area contributed by atoms with E-state index in [0.29, 0.717) is 0 Å². The second-order valence-corrected chi connectivity index (χ2v) is 7.27. The largest absolute Gasteiger partial charge is 0.321 e. The van der Waals surface area contributed by atoms with Crippen LogP contribution in [0.3, 0.4) is 0 Å². The van der Waals surface area contributed by atoms with Gasteiger partial charge in [0.15, 0.2) is 0 Å². The SMILES string of the molecule is CN1CCCC(c2ccc(C3(N)CCCCC3)cc2)CC1. The van der Waals surface area contributed by atoms with Crippen molar-refractivity contribution >= 4 is 0 Å². The van der Waals surface area contributed by atoms with Gasteiger partial charge in [0, 0.05) is 5.54 Å². The molecule has 2 fully saturated rings. The lowest BCUT2D eigenvalue weighted by atomic mass is 9.77. The van der Waals surface area contributed by atoms with Crippen LogP contribution in [0.1, 0.15) is 68.4 Å². The first-order chi connectivity index (χ1) is 10.2. The van der Waals surface area contributed by atoms with Crippen LogP contribution in [0.4, 0.5) is 0 Å². The normalized spacial score (nSPS) is 27.2. The zero-order valence-electron chi connectivity index (χ0n) is 13.5. The number of hydrogen-bond donors (Lipinski definition) is 1. The molecular weight excluding hydrogens is 256 g/mol. The summed E-state index contributed by atoms with van der Waals surface area (Å²) in [6.07, 6.45) is 10.2. The third-order valence-electron chi connectivity index (χ3n) is 5.65. The lowest BCUT2D eigenvalue weighted by Crippen LogP contribution is -2.38. The summed E-state index contributed by atoms with van der Waals surface area (Å²) in [5, 5.41) is 0. The van der Waals surface area contributed by atoms with Gasteiger partial charge in [-0.05, 0) is 69.3 Å². The first-order valence-electron chi connectivity index (χ1n) is 8.75. The highest BCUT2D eigenvalue weighted by atomic mass is 15.1. The summed E-state index contributed by atoms with van der Waals surface area (Å²) in [5.74, 6) is 0.740. The van der Waals surface area contributed by atoms with Crippen LogP contribution in [0.15, 0.2) is 24.3 Å². The summed E-state index contributed by atoms with van der Waals surface area (Å²) >= 11 is 0. The highest BCUT2D eigenvalue weighted by Crippen LogP contribution is 2.36. The lowest BCUT2D eigenvalue weighted by molar-refractivity contribution is 0.302. The van der Waals surface area contributed by atoms with E-state index in [1.807, 2.05) is 0 Å². The summed E-state index contributed by atoms with van der Waals surface area (Å²) < 4.78 is 0. The van der Waals surface area contributed by atoms with Crippen LogP contribution in [0.2, 0.25) is 0 Å². The van der Waals surface area contributed by atoms with Crippen molar-refractivity contribution in [3.8, 4) is 0 Å². The van der Waals surface area contributed by atoms with E-state index in [4.69, 9.17) is 5.73 Å². The van der Waals surface area contributed by atoms with Crippen molar-refractivity contribution in [2.45, 2.75) is 62.8 Å². The number of nitrogens with two attached hydrogens (primary N) is 1. The van der Waals surface area contributed by atoms with E-state index in [1.165, 1.54) is 62.7 Å². The molecule has 1 aromatic rings. The number of rotatable bonds is 2. The molecule has 2 N–H and O–H groups in total. The maximum absolute atomic E-state index is 6.65. The third kappa shape index (κ3) is 3.49. The van der Waals surface area contributed by atoms with Gasteiger partial charge in [-0.15, -0.1) is 0 Å². The highest BCUT2D eigenvalue weighted by molar-refractivity contribution is 5.30. The second-order valence-electron chi connectivity index (χ2n) is 7.27. The summed E-state index contributed by atoms with van der Waals surface area (Å²) in [5.41, 5.74) is 9.47. The molecule has 1 saturated carbocycles. The predicted molar refractivity (Wildman–Crippen MR) is 89.5 cm³/mol. The van der Waals surface area contributed by atoms with Gasteiger partial charge in [-0.25, -0.2) is 0 Å². The molecule has 0 spiro atoms. The molecule has 0 radical (unpaired) electrons. The van der Waals surface area contributed by atoms with Crippen LogP contribution < -0.4 is 5.73 Å². The Morgan fingerprint density at radius 2 is 1.67 bits per heavy atom. The van der Waals surface area contributed by atoms with E-state index in [1.54, 1.807) is 0 Å². The van der Waals surface area contributed by atoms with Crippen molar-refractivity contribution in [1.82, 2.24) is 4.90 Å². The molecule has 1 atom stereocenters. The minimum absolute atomic E-state index is 0.0551. The molecule has 1 aliphatic heterocycles. The zero-order valence-corrected chi connectivity index (χ0v) is 13.5. The van der Waals surface area contributed by atoms with Crippen molar-refractivity contribution < 1.29 is 0 Å². The minimum atomic E-state index is -0.0551. The standard InChI is InChI=1S/C19H30N2/c1-21-14-5-6-16(11-15-21)17-7-9-18(10-8-17)19(20)12-3-2-4-13-19/h7-10,16H,2-6,11-15,20H2,1H3. The van der Waals surface area contributed by atoms with Gasteiger partial charge < -0.3 is 10.6 Å². The van der Waals surface area contributed by atoms with Gasteiger partial charge in [0.25, 0.3) is 0 Å². The quantitative estimate of drug-likeness (QED) is 0.890. The molecule has 0 aromatic heterocycles. The Bertz CT molecular complexity index is 445.